The number of rotatable bonds is 6. The molecule has 21 heavy (non-hydrogen) atoms. The van der Waals surface area contributed by atoms with Gasteiger partial charge in [-0.3, -0.25) is 0 Å². The second kappa shape index (κ2) is 7.20. The van der Waals surface area contributed by atoms with E-state index < -0.39 is 10.0 Å². The molecule has 1 aliphatic rings. The monoisotopic (exact) mass is 308 g/mol. The first kappa shape index (κ1) is 16.2. The number of benzene rings is 1. The third-order valence-electron chi connectivity index (χ3n) is 3.90. The van der Waals surface area contributed by atoms with E-state index in [9.17, 15) is 8.42 Å². The van der Waals surface area contributed by atoms with Crippen LogP contribution in [-0.4, -0.2) is 28.1 Å². The van der Waals surface area contributed by atoms with Crippen molar-refractivity contribution >= 4 is 10.0 Å². The van der Waals surface area contributed by atoms with Crippen molar-refractivity contribution in [2.45, 2.75) is 38.0 Å². The van der Waals surface area contributed by atoms with Crippen LogP contribution in [0.4, 0.5) is 0 Å². The van der Waals surface area contributed by atoms with Crippen LogP contribution in [0.3, 0.4) is 0 Å². The fraction of sp³-hybridized carbons (Fsp3) is 0.500. The van der Waals surface area contributed by atoms with E-state index in [0.717, 1.165) is 43.5 Å². The average molecular weight is 308 g/mol. The van der Waals surface area contributed by atoms with Crippen LogP contribution < -0.4 is 10.0 Å². The van der Waals surface area contributed by atoms with Gasteiger partial charge in [0.2, 0.25) is 10.0 Å². The van der Waals surface area contributed by atoms with Crippen molar-refractivity contribution in [2.75, 3.05) is 19.6 Å². The first-order valence-corrected chi connectivity index (χ1v) is 9.05. The summed E-state index contributed by atoms with van der Waals surface area (Å²) in [4.78, 5) is 0.367. The summed E-state index contributed by atoms with van der Waals surface area (Å²) in [5, 5.41) is 3.22. The molecule has 1 aliphatic heterocycles. The first-order chi connectivity index (χ1) is 10.1. The summed E-state index contributed by atoms with van der Waals surface area (Å²) in [6.07, 6.45) is 4.74. The number of nitrogens with one attached hydrogen (secondary N) is 2. The Balaban J connectivity index is 2.13. The van der Waals surface area contributed by atoms with Gasteiger partial charge in [0.05, 0.1) is 4.90 Å². The van der Waals surface area contributed by atoms with Gasteiger partial charge in [0, 0.05) is 13.1 Å². The van der Waals surface area contributed by atoms with Crippen LogP contribution in [0.1, 0.15) is 31.4 Å². The summed E-state index contributed by atoms with van der Waals surface area (Å²) in [6.45, 7) is 6.28. The Kier molecular flexibility index (Phi) is 5.56. The molecule has 0 unspecified atom stereocenters. The molecule has 0 fully saturated rings. The van der Waals surface area contributed by atoms with Crippen LogP contribution in [-0.2, 0) is 22.9 Å². The second-order valence-electron chi connectivity index (χ2n) is 5.28. The van der Waals surface area contributed by atoms with Crippen LogP contribution in [0.5, 0.6) is 0 Å². The van der Waals surface area contributed by atoms with Crippen LogP contribution in [0.2, 0.25) is 0 Å². The van der Waals surface area contributed by atoms with Gasteiger partial charge in [0.1, 0.15) is 0 Å². The lowest BCUT2D eigenvalue weighted by atomic mass is 10.0. The van der Waals surface area contributed by atoms with Crippen LogP contribution >= 0.6 is 0 Å². The highest BCUT2D eigenvalue weighted by atomic mass is 32.2. The molecule has 0 saturated heterocycles. The van der Waals surface area contributed by atoms with Crippen molar-refractivity contribution < 1.29 is 8.42 Å². The minimum atomic E-state index is -3.43. The SMILES string of the molecule is CCc1ccc(S(=O)(=O)NCC2=CCNCC2)cc1CC. The van der Waals surface area contributed by atoms with E-state index in [1.165, 1.54) is 5.56 Å². The van der Waals surface area contributed by atoms with Gasteiger partial charge in [-0.25, -0.2) is 13.1 Å². The minimum Gasteiger partial charge on any atom is -0.313 e. The molecule has 1 aromatic rings. The Labute approximate surface area is 127 Å². The van der Waals surface area contributed by atoms with E-state index in [1.807, 2.05) is 6.07 Å². The van der Waals surface area contributed by atoms with E-state index in [4.69, 9.17) is 0 Å². The largest absolute Gasteiger partial charge is 0.313 e. The standard InChI is InChI=1S/C16H24N2O2S/c1-3-14-5-6-16(11-15(14)4-2)21(19,20)18-12-13-7-9-17-10-8-13/h5-7,11,17-18H,3-4,8-10,12H2,1-2H3. The summed E-state index contributed by atoms with van der Waals surface area (Å²) in [5.41, 5.74) is 3.48. The van der Waals surface area contributed by atoms with Crippen molar-refractivity contribution in [3.8, 4) is 0 Å². The Hall–Kier alpha value is -1.17. The minimum absolute atomic E-state index is 0.367. The van der Waals surface area contributed by atoms with E-state index in [0.29, 0.717) is 11.4 Å². The molecule has 5 heteroatoms. The third-order valence-corrected chi connectivity index (χ3v) is 5.30. The molecule has 0 saturated carbocycles. The third kappa shape index (κ3) is 4.15. The van der Waals surface area contributed by atoms with Crippen LogP contribution in [0.15, 0.2) is 34.7 Å². The molecular weight excluding hydrogens is 284 g/mol. The smallest absolute Gasteiger partial charge is 0.240 e. The number of hydrogen-bond acceptors (Lipinski definition) is 3. The molecule has 2 rings (SSSR count). The summed E-state index contributed by atoms with van der Waals surface area (Å²) in [7, 11) is -3.43. The Morgan fingerprint density at radius 3 is 2.57 bits per heavy atom. The van der Waals surface area contributed by atoms with E-state index >= 15 is 0 Å². The van der Waals surface area contributed by atoms with Crippen molar-refractivity contribution in [3.63, 3.8) is 0 Å². The van der Waals surface area contributed by atoms with Crippen molar-refractivity contribution in [1.82, 2.24) is 10.0 Å². The van der Waals surface area contributed by atoms with E-state index in [2.05, 4.69) is 30.0 Å². The van der Waals surface area contributed by atoms with Gasteiger partial charge in [0.25, 0.3) is 0 Å². The lowest BCUT2D eigenvalue weighted by molar-refractivity contribution is 0.582. The van der Waals surface area contributed by atoms with Gasteiger partial charge in [-0.05, 0) is 49.1 Å². The molecule has 1 heterocycles. The zero-order chi connectivity index (χ0) is 15.3. The molecule has 116 valence electrons. The molecular formula is C16H24N2O2S. The van der Waals surface area contributed by atoms with Gasteiger partial charge in [-0.2, -0.15) is 0 Å². The lowest BCUT2D eigenvalue weighted by Crippen LogP contribution is -2.29. The molecule has 0 aliphatic carbocycles. The van der Waals surface area contributed by atoms with Crippen molar-refractivity contribution in [3.05, 3.63) is 41.0 Å². The fourth-order valence-electron chi connectivity index (χ4n) is 2.54. The maximum Gasteiger partial charge on any atom is 0.240 e. The molecule has 0 aromatic heterocycles. The Morgan fingerprint density at radius 1 is 1.19 bits per heavy atom. The van der Waals surface area contributed by atoms with Gasteiger partial charge in [-0.15, -0.1) is 0 Å². The van der Waals surface area contributed by atoms with Crippen LogP contribution in [0.25, 0.3) is 0 Å². The normalized spacial score (nSPS) is 15.8. The van der Waals surface area contributed by atoms with Crippen molar-refractivity contribution in [2.24, 2.45) is 0 Å². The second-order valence-corrected chi connectivity index (χ2v) is 7.05. The Morgan fingerprint density at radius 2 is 1.95 bits per heavy atom. The predicted molar refractivity (Wildman–Crippen MR) is 86.0 cm³/mol. The topological polar surface area (TPSA) is 58.2 Å². The molecule has 0 radical (unpaired) electrons. The highest BCUT2D eigenvalue weighted by Gasteiger charge is 2.16. The quantitative estimate of drug-likeness (QED) is 0.790. The predicted octanol–water partition coefficient (Wildman–Crippen LogP) is 2.01. The highest BCUT2D eigenvalue weighted by Crippen LogP contribution is 2.17. The maximum absolute atomic E-state index is 12.4. The van der Waals surface area contributed by atoms with Gasteiger partial charge < -0.3 is 5.32 Å². The molecule has 4 nitrogen and oxygen atoms in total. The lowest BCUT2D eigenvalue weighted by Gasteiger charge is -2.15. The van der Waals surface area contributed by atoms with Crippen molar-refractivity contribution in [1.29, 1.82) is 0 Å². The summed E-state index contributed by atoms with van der Waals surface area (Å²) >= 11 is 0. The molecule has 1 aromatic carbocycles. The fourth-order valence-corrected chi connectivity index (χ4v) is 3.63. The van der Waals surface area contributed by atoms with Gasteiger partial charge >= 0.3 is 0 Å². The van der Waals surface area contributed by atoms with Gasteiger partial charge in [0.15, 0.2) is 0 Å². The number of aryl methyl sites for hydroxylation is 2. The number of hydrogen-bond donors (Lipinski definition) is 2. The maximum atomic E-state index is 12.4. The Bertz CT molecular complexity index is 621. The van der Waals surface area contributed by atoms with Crippen LogP contribution in [0, 0.1) is 0 Å². The molecule has 0 spiro atoms. The zero-order valence-electron chi connectivity index (χ0n) is 12.8. The molecule has 0 bridgehead atoms. The summed E-state index contributed by atoms with van der Waals surface area (Å²) in [6, 6.07) is 5.44. The van der Waals surface area contributed by atoms with E-state index in [-0.39, 0.29) is 0 Å². The molecule has 0 amide bonds. The zero-order valence-corrected chi connectivity index (χ0v) is 13.6. The average Bonchev–Trinajstić information content (AvgIpc) is 2.53. The number of sulfonamides is 1. The highest BCUT2D eigenvalue weighted by molar-refractivity contribution is 7.89. The summed E-state index contributed by atoms with van der Waals surface area (Å²) in [5.74, 6) is 0. The first-order valence-electron chi connectivity index (χ1n) is 7.57. The molecule has 2 N–H and O–H groups in total. The van der Waals surface area contributed by atoms with E-state index in [1.54, 1.807) is 12.1 Å². The molecule has 0 atom stereocenters. The summed E-state index contributed by atoms with van der Waals surface area (Å²) < 4.78 is 27.5. The van der Waals surface area contributed by atoms with Gasteiger partial charge in [-0.1, -0.05) is 31.6 Å².